The first kappa shape index (κ1) is 15.5. The van der Waals surface area contributed by atoms with E-state index in [9.17, 15) is 4.79 Å². The van der Waals surface area contributed by atoms with E-state index in [4.69, 9.17) is 0 Å². The molecule has 0 unspecified atom stereocenters. The minimum Gasteiger partial charge on any atom is -0.293 e. The van der Waals surface area contributed by atoms with Crippen LogP contribution >= 0.6 is 11.3 Å². The van der Waals surface area contributed by atoms with Crippen LogP contribution in [0.1, 0.15) is 11.1 Å². The lowest BCUT2D eigenvalue weighted by Gasteiger charge is -2.01. The van der Waals surface area contributed by atoms with Crippen molar-refractivity contribution in [3.05, 3.63) is 71.1 Å². The van der Waals surface area contributed by atoms with Gasteiger partial charge in [0.2, 0.25) is 16.8 Å². The summed E-state index contributed by atoms with van der Waals surface area (Å²) in [6, 6.07) is 17.9. The fourth-order valence-electron chi connectivity index (χ4n) is 2.61. The van der Waals surface area contributed by atoms with Gasteiger partial charge in [0.1, 0.15) is 0 Å². The number of thiazole rings is 1. The summed E-state index contributed by atoms with van der Waals surface area (Å²) in [5.41, 5.74) is 4.21. The monoisotopic (exact) mass is 348 g/mol. The highest BCUT2D eigenvalue weighted by Crippen LogP contribution is 2.26. The van der Waals surface area contributed by atoms with Gasteiger partial charge in [-0.3, -0.25) is 10.1 Å². The summed E-state index contributed by atoms with van der Waals surface area (Å²) in [6.07, 6.45) is 0.304. The van der Waals surface area contributed by atoms with E-state index >= 15 is 0 Å². The van der Waals surface area contributed by atoms with Gasteiger partial charge in [0.25, 0.3) is 0 Å². The van der Waals surface area contributed by atoms with Crippen LogP contribution in [0.5, 0.6) is 0 Å². The summed E-state index contributed by atoms with van der Waals surface area (Å²) in [4.78, 5) is 17.3. The second-order valence-corrected chi connectivity index (χ2v) is 6.66. The van der Waals surface area contributed by atoms with Gasteiger partial charge in [0.15, 0.2) is 0 Å². The molecule has 6 heteroatoms. The summed E-state index contributed by atoms with van der Waals surface area (Å²) < 4.78 is 1.77. The standard InChI is InChI=1S/C19H16N4OS/c1-13-7-9-15(10-8-13)16-12-25-19-21-18(22-23(16)19)20-17(24)11-14-5-3-2-4-6-14/h2-10,12H,11H2,1H3,(H,20,22,24). The lowest BCUT2D eigenvalue weighted by Crippen LogP contribution is -2.15. The van der Waals surface area contributed by atoms with Gasteiger partial charge in [-0.2, -0.15) is 4.98 Å². The second kappa shape index (κ2) is 6.49. The quantitative estimate of drug-likeness (QED) is 0.607. The maximum absolute atomic E-state index is 12.2. The number of carbonyl (C=O) groups is 1. The van der Waals surface area contributed by atoms with Crippen LogP contribution in [-0.4, -0.2) is 20.5 Å². The predicted octanol–water partition coefficient (Wildman–Crippen LogP) is 3.95. The number of anilines is 1. The van der Waals surface area contributed by atoms with Crippen molar-refractivity contribution in [2.75, 3.05) is 5.32 Å². The van der Waals surface area contributed by atoms with Crippen LogP contribution in [0.4, 0.5) is 5.95 Å². The second-order valence-electron chi connectivity index (χ2n) is 5.83. The number of rotatable bonds is 4. The number of nitrogens with one attached hydrogen (secondary N) is 1. The first-order chi connectivity index (χ1) is 12.2. The van der Waals surface area contributed by atoms with Gasteiger partial charge in [-0.1, -0.05) is 60.2 Å². The molecular weight excluding hydrogens is 332 g/mol. The topological polar surface area (TPSA) is 59.3 Å². The summed E-state index contributed by atoms with van der Waals surface area (Å²) in [5.74, 6) is 0.211. The average Bonchev–Trinajstić information content (AvgIpc) is 3.16. The van der Waals surface area contributed by atoms with Crippen molar-refractivity contribution in [3.63, 3.8) is 0 Å². The zero-order valence-corrected chi connectivity index (χ0v) is 14.5. The molecule has 0 atom stereocenters. The Morgan fingerprint density at radius 1 is 1.12 bits per heavy atom. The van der Waals surface area contributed by atoms with Gasteiger partial charge >= 0.3 is 0 Å². The fraction of sp³-hybridized carbons (Fsp3) is 0.105. The molecule has 5 nitrogen and oxygen atoms in total. The number of aromatic nitrogens is 3. The minimum atomic E-state index is -0.124. The molecule has 2 aromatic heterocycles. The normalized spacial score (nSPS) is 10.9. The van der Waals surface area contributed by atoms with Crippen molar-refractivity contribution in [2.24, 2.45) is 0 Å². The van der Waals surface area contributed by atoms with Gasteiger partial charge in [-0.15, -0.1) is 16.4 Å². The average molecular weight is 348 g/mol. The molecular formula is C19H16N4OS. The maximum atomic E-state index is 12.2. The molecule has 4 aromatic rings. The Labute approximate surface area is 149 Å². The van der Waals surface area contributed by atoms with Crippen LogP contribution in [0.25, 0.3) is 16.2 Å². The van der Waals surface area contributed by atoms with Crippen LogP contribution in [-0.2, 0) is 11.2 Å². The van der Waals surface area contributed by atoms with Gasteiger partial charge in [0, 0.05) is 10.9 Å². The largest absolute Gasteiger partial charge is 0.293 e. The molecule has 1 N–H and O–H groups in total. The Balaban J connectivity index is 1.55. The van der Waals surface area contributed by atoms with Gasteiger partial charge < -0.3 is 0 Å². The number of carbonyl (C=O) groups excluding carboxylic acids is 1. The molecule has 124 valence electrons. The van der Waals surface area contributed by atoms with Gasteiger partial charge in [-0.05, 0) is 12.5 Å². The highest BCUT2D eigenvalue weighted by molar-refractivity contribution is 7.15. The van der Waals surface area contributed by atoms with Crippen LogP contribution in [0.15, 0.2) is 60.0 Å². The number of hydrogen-bond donors (Lipinski definition) is 1. The summed E-state index contributed by atoms with van der Waals surface area (Å²) in [7, 11) is 0. The summed E-state index contributed by atoms with van der Waals surface area (Å²) in [6.45, 7) is 2.06. The van der Waals surface area contributed by atoms with E-state index in [-0.39, 0.29) is 5.91 Å². The van der Waals surface area contributed by atoms with Crippen molar-refractivity contribution < 1.29 is 4.79 Å². The van der Waals surface area contributed by atoms with E-state index in [1.165, 1.54) is 16.9 Å². The predicted molar refractivity (Wildman–Crippen MR) is 99.8 cm³/mol. The van der Waals surface area contributed by atoms with Crippen molar-refractivity contribution in [3.8, 4) is 11.3 Å². The number of hydrogen-bond acceptors (Lipinski definition) is 4. The van der Waals surface area contributed by atoms with Crippen molar-refractivity contribution >= 4 is 28.2 Å². The van der Waals surface area contributed by atoms with Crippen molar-refractivity contribution in [1.29, 1.82) is 0 Å². The molecule has 0 fully saturated rings. The maximum Gasteiger partial charge on any atom is 0.250 e. The molecule has 2 heterocycles. The van der Waals surface area contributed by atoms with E-state index in [2.05, 4.69) is 46.6 Å². The molecule has 1 amide bonds. The molecule has 25 heavy (non-hydrogen) atoms. The summed E-state index contributed by atoms with van der Waals surface area (Å²) in [5, 5.41) is 9.24. The molecule has 4 rings (SSSR count). The van der Waals surface area contributed by atoms with E-state index in [1.54, 1.807) is 4.52 Å². The van der Waals surface area contributed by atoms with Crippen molar-refractivity contribution in [1.82, 2.24) is 14.6 Å². The Hall–Kier alpha value is -2.99. The molecule has 0 radical (unpaired) electrons. The smallest absolute Gasteiger partial charge is 0.250 e. The minimum absolute atomic E-state index is 0.124. The lowest BCUT2D eigenvalue weighted by molar-refractivity contribution is -0.115. The highest BCUT2D eigenvalue weighted by atomic mass is 32.1. The number of amides is 1. The third-order valence-corrected chi connectivity index (χ3v) is 4.70. The van der Waals surface area contributed by atoms with E-state index < -0.39 is 0 Å². The Morgan fingerprint density at radius 2 is 1.88 bits per heavy atom. The number of aryl methyl sites for hydroxylation is 1. The Morgan fingerprint density at radius 3 is 2.64 bits per heavy atom. The third-order valence-electron chi connectivity index (χ3n) is 3.89. The lowest BCUT2D eigenvalue weighted by atomic mass is 10.1. The molecule has 0 bridgehead atoms. The van der Waals surface area contributed by atoms with Gasteiger partial charge in [-0.25, -0.2) is 4.52 Å². The number of nitrogens with zero attached hydrogens (tertiary/aromatic N) is 3. The number of benzene rings is 2. The fourth-order valence-corrected chi connectivity index (χ4v) is 3.44. The first-order valence-electron chi connectivity index (χ1n) is 7.94. The van der Waals surface area contributed by atoms with Crippen LogP contribution < -0.4 is 5.32 Å². The molecule has 2 aromatic carbocycles. The molecule has 0 saturated heterocycles. The molecule has 0 aliphatic heterocycles. The molecule has 0 spiro atoms. The van der Waals surface area contributed by atoms with Crippen LogP contribution in [0.3, 0.4) is 0 Å². The van der Waals surface area contributed by atoms with Crippen molar-refractivity contribution in [2.45, 2.75) is 13.3 Å². The van der Waals surface area contributed by atoms with Crippen LogP contribution in [0, 0.1) is 6.92 Å². The van der Waals surface area contributed by atoms with Gasteiger partial charge in [0.05, 0.1) is 12.1 Å². The Bertz CT molecular complexity index is 1020. The van der Waals surface area contributed by atoms with Crippen LogP contribution in [0.2, 0.25) is 0 Å². The van der Waals surface area contributed by atoms with E-state index in [0.717, 1.165) is 21.8 Å². The zero-order valence-electron chi connectivity index (χ0n) is 13.6. The molecule has 0 aliphatic rings. The third kappa shape index (κ3) is 3.29. The SMILES string of the molecule is Cc1ccc(-c2csc3nc(NC(=O)Cc4ccccc4)nn23)cc1. The highest BCUT2D eigenvalue weighted by Gasteiger charge is 2.13. The molecule has 0 aliphatic carbocycles. The number of fused-ring (bicyclic) bond motifs is 1. The van der Waals surface area contributed by atoms with E-state index in [0.29, 0.717) is 12.4 Å². The Kier molecular flexibility index (Phi) is 4.03. The zero-order chi connectivity index (χ0) is 17.2. The summed E-state index contributed by atoms with van der Waals surface area (Å²) >= 11 is 1.50. The first-order valence-corrected chi connectivity index (χ1v) is 8.82. The molecule has 0 saturated carbocycles. The van der Waals surface area contributed by atoms with E-state index in [1.807, 2.05) is 35.7 Å².